The van der Waals surface area contributed by atoms with E-state index in [0.29, 0.717) is 34.2 Å². The molecule has 5 aromatic rings. The van der Waals surface area contributed by atoms with E-state index in [1.165, 1.54) is 0 Å². The number of hydrogen-bond acceptors (Lipinski definition) is 5. The number of hydrogen-bond donors (Lipinski definition) is 0. The van der Waals surface area contributed by atoms with Gasteiger partial charge in [0.1, 0.15) is 23.0 Å². The minimum absolute atomic E-state index is 0.565. The highest BCUT2D eigenvalue weighted by molar-refractivity contribution is 5.96. The maximum Gasteiger partial charge on any atom is 0.187 e. The number of ether oxygens (including phenoxy) is 4. The van der Waals surface area contributed by atoms with Gasteiger partial charge < -0.3 is 18.9 Å². The smallest absolute Gasteiger partial charge is 0.187 e. The molecule has 0 N–H and O–H groups in total. The average molecular weight is 553 g/mol. The van der Waals surface area contributed by atoms with Gasteiger partial charge in [-0.2, -0.15) is 5.26 Å². The van der Waals surface area contributed by atoms with Crippen LogP contribution in [-0.2, 0) is 0 Å². The number of rotatable bonds is 8. The molecule has 0 aliphatic heterocycles. The monoisotopic (exact) mass is 552 g/mol. The second-order valence-corrected chi connectivity index (χ2v) is 9.49. The standard InChI is InChI=1S/C36H28N2O4/c1-38-28-12-10-25(11-13-28)34-21-35(26-14-29(39-2)18-30(15-26)40-3)33(24-8-6-23(22-37)7-9-24)20-36(34)27-16-31(41-4)19-32(17-27)42-5/h6-21H,2-5H3. The third kappa shape index (κ3) is 5.61. The first-order valence-corrected chi connectivity index (χ1v) is 13.1. The van der Waals surface area contributed by atoms with Crippen molar-refractivity contribution in [3.63, 3.8) is 0 Å². The topological polar surface area (TPSA) is 65.1 Å². The van der Waals surface area contributed by atoms with Gasteiger partial charge in [-0.05, 0) is 93.0 Å². The summed E-state index contributed by atoms with van der Waals surface area (Å²) >= 11 is 0. The van der Waals surface area contributed by atoms with Crippen molar-refractivity contribution in [3.8, 4) is 73.6 Å². The van der Waals surface area contributed by atoms with E-state index in [1.807, 2.05) is 84.9 Å². The van der Waals surface area contributed by atoms with Gasteiger partial charge in [0.05, 0.1) is 46.6 Å². The molecule has 0 aliphatic carbocycles. The Bertz CT molecular complexity index is 1650. The number of benzene rings is 5. The van der Waals surface area contributed by atoms with Crippen LogP contribution in [0.3, 0.4) is 0 Å². The van der Waals surface area contributed by atoms with E-state index in [9.17, 15) is 5.26 Å². The molecule has 0 aromatic heterocycles. The van der Waals surface area contributed by atoms with Crippen molar-refractivity contribution in [2.45, 2.75) is 0 Å². The fraction of sp³-hybridized carbons (Fsp3) is 0.111. The molecule has 6 heteroatoms. The quantitative estimate of drug-likeness (QED) is 0.180. The zero-order valence-electron chi connectivity index (χ0n) is 23.8. The second-order valence-electron chi connectivity index (χ2n) is 9.49. The summed E-state index contributed by atoms with van der Waals surface area (Å²) in [5, 5.41) is 9.42. The summed E-state index contributed by atoms with van der Waals surface area (Å²) in [6.07, 6.45) is 0. The normalized spacial score (nSPS) is 10.3. The summed E-state index contributed by atoms with van der Waals surface area (Å²) in [7, 11) is 6.52. The molecule has 5 aromatic carbocycles. The highest BCUT2D eigenvalue weighted by Crippen LogP contribution is 2.45. The van der Waals surface area contributed by atoms with Gasteiger partial charge in [-0.25, -0.2) is 4.85 Å². The molecule has 0 atom stereocenters. The molecule has 0 unspecified atom stereocenters. The van der Waals surface area contributed by atoms with E-state index in [1.54, 1.807) is 28.4 Å². The minimum atomic E-state index is 0.565. The van der Waals surface area contributed by atoms with Crippen LogP contribution in [0.4, 0.5) is 5.69 Å². The summed E-state index contributed by atoms with van der Waals surface area (Å²) in [6, 6.07) is 33.2. The molecule has 0 fully saturated rings. The van der Waals surface area contributed by atoms with Crippen molar-refractivity contribution in [1.29, 1.82) is 5.26 Å². The molecule has 0 heterocycles. The largest absolute Gasteiger partial charge is 0.497 e. The zero-order chi connectivity index (χ0) is 29.6. The molecule has 6 nitrogen and oxygen atoms in total. The Morgan fingerprint density at radius 2 is 0.857 bits per heavy atom. The van der Waals surface area contributed by atoms with Crippen LogP contribution in [0.25, 0.3) is 49.4 Å². The van der Waals surface area contributed by atoms with Gasteiger partial charge in [0, 0.05) is 12.1 Å². The summed E-state index contributed by atoms with van der Waals surface area (Å²) in [4.78, 5) is 3.57. The Balaban J connectivity index is 1.88. The number of nitriles is 1. The van der Waals surface area contributed by atoms with Crippen LogP contribution in [-0.4, -0.2) is 28.4 Å². The molecule has 5 rings (SSSR count). The van der Waals surface area contributed by atoms with Crippen LogP contribution in [0.2, 0.25) is 0 Å². The van der Waals surface area contributed by atoms with Crippen molar-refractivity contribution in [2.75, 3.05) is 28.4 Å². The summed E-state index contributed by atoms with van der Waals surface area (Å²) in [5.41, 5.74) is 8.63. The van der Waals surface area contributed by atoms with Crippen molar-refractivity contribution in [2.24, 2.45) is 0 Å². The molecule has 0 amide bonds. The van der Waals surface area contributed by atoms with Gasteiger partial charge >= 0.3 is 0 Å². The molecule has 0 aliphatic rings. The first kappa shape index (κ1) is 27.8. The van der Waals surface area contributed by atoms with Crippen LogP contribution >= 0.6 is 0 Å². The first-order valence-electron chi connectivity index (χ1n) is 13.1. The van der Waals surface area contributed by atoms with E-state index in [2.05, 4.69) is 23.0 Å². The fourth-order valence-electron chi connectivity index (χ4n) is 4.92. The van der Waals surface area contributed by atoms with Gasteiger partial charge in [0.15, 0.2) is 5.69 Å². The Labute approximate surface area is 245 Å². The first-order chi connectivity index (χ1) is 20.5. The Morgan fingerprint density at radius 1 is 0.500 bits per heavy atom. The molecule has 206 valence electrons. The van der Waals surface area contributed by atoms with Gasteiger partial charge in [0.2, 0.25) is 0 Å². The SMILES string of the molecule is [C-]#[N+]c1ccc(-c2cc(-c3cc(OC)cc(OC)c3)c(-c3ccc(C#N)cc3)cc2-c2cc(OC)cc(OC)c2)cc1. The third-order valence-corrected chi connectivity index (χ3v) is 7.12. The van der Waals surface area contributed by atoms with Gasteiger partial charge in [0.25, 0.3) is 0 Å². The maximum absolute atomic E-state index is 9.42. The van der Waals surface area contributed by atoms with Crippen LogP contribution in [0.15, 0.2) is 97.1 Å². The minimum Gasteiger partial charge on any atom is -0.497 e. The molecular formula is C36H28N2O4. The predicted octanol–water partition coefficient (Wildman–Crippen LogP) is 8.81. The molecular weight excluding hydrogens is 524 g/mol. The number of nitrogens with zero attached hydrogens (tertiary/aromatic N) is 2. The molecule has 0 radical (unpaired) electrons. The molecule has 0 spiro atoms. The highest BCUT2D eigenvalue weighted by Gasteiger charge is 2.19. The van der Waals surface area contributed by atoms with Crippen molar-refractivity contribution in [1.82, 2.24) is 0 Å². The van der Waals surface area contributed by atoms with E-state index in [0.717, 1.165) is 44.5 Å². The van der Waals surface area contributed by atoms with E-state index < -0.39 is 0 Å². The highest BCUT2D eigenvalue weighted by atomic mass is 16.5. The summed E-state index contributed by atoms with van der Waals surface area (Å²) in [5.74, 6) is 2.67. The van der Waals surface area contributed by atoms with Crippen LogP contribution in [0.5, 0.6) is 23.0 Å². The fourth-order valence-corrected chi connectivity index (χ4v) is 4.92. The average Bonchev–Trinajstić information content (AvgIpc) is 3.07. The molecule has 0 bridgehead atoms. The van der Waals surface area contributed by atoms with E-state index in [-0.39, 0.29) is 0 Å². The van der Waals surface area contributed by atoms with Crippen LogP contribution in [0, 0.1) is 17.9 Å². The maximum atomic E-state index is 9.42. The van der Waals surface area contributed by atoms with Gasteiger partial charge in [-0.1, -0.05) is 36.4 Å². The summed E-state index contributed by atoms with van der Waals surface area (Å²) < 4.78 is 22.4. The number of methoxy groups -OCH3 is 4. The Morgan fingerprint density at radius 3 is 1.19 bits per heavy atom. The lowest BCUT2D eigenvalue weighted by molar-refractivity contribution is 0.394. The summed E-state index contributed by atoms with van der Waals surface area (Å²) in [6.45, 7) is 7.41. The predicted molar refractivity (Wildman–Crippen MR) is 165 cm³/mol. The van der Waals surface area contributed by atoms with Crippen molar-refractivity contribution >= 4 is 5.69 Å². The van der Waals surface area contributed by atoms with Crippen molar-refractivity contribution < 1.29 is 18.9 Å². The lowest BCUT2D eigenvalue weighted by Crippen LogP contribution is -1.95. The van der Waals surface area contributed by atoms with Crippen molar-refractivity contribution in [3.05, 3.63) is 114 Å². The second kappa shape index (κ2) is 12.2. The third-order valence-electron chi connectivity index (χ3n) is 7.12. The molecule has 0 saturated carbocycles. The molecule has 42 heavy (non-hydrogen) atoms. The lowest BCUT2D eigenvalue weighted by atomic mass is 9.85. The van der Waals surface area contributed by atoms with Crippen LogP contribution < -0.4 is 18.9 Å². The van der Waals surface area contributed by atoms with Gasteiger partial charge in [-0.15, -0.1) is 0 Å². The van der Waals surface area contributed by atoms with E-state index in [4.69, 9.17) is 25.5 Å². The van der Waals surface area contributed by atoms with E-state index >= 15 is 0 Å². The Hall–Kier alpha value is -5.72. The van der Waals surface area contributed by atoms with Gasteiger partial charge in [-0.3, -0.25) is 0 Å². The Kier molecular flexibility index (Phi) is 8.09. The zero-order valence-corrected chi connectivity index (χ0v) is 23.8. The van der Waals surface area contributed by atoms with Crippen LogP contribution in [0.1, 0.15) is 5.56 Å². The lowest BCUT2D eigenvalue weighted by Gasteiger charge is -2.20. The molecule has 0 saturated heterocycles.